The van der Waals surface area contributed by atoms with Crippen LogP contribution in [0.2, 0.25) is 0 Å². The molecule has 0 radical (unpaired) electrons. The molecular formula is C13H17N3O. The zero-order chi connectivity index (χ0) is 12.3. The maximum Gasteiger partial charge on any atom is 0.119 e. The molecule has 17 heavy (non-hydrogen) atoms. The number of hydrogen-bond acceptors (Lipinski definition) is 3. The van der Waals surface area contributed by atoms with E-state index < -0.39 is 0 Å². The zero-order valence-corrected chi connectivity index (χ0v) is 10.1. The summed E-state index contributed by atoms with van der Waals surface area (Å²) < 4.78 is 5.19. The molecule has 1 aromatic carbocycles. The molecule has 1 atom stereocenters. The van der Waals surface area contributed by atoms with Gasteiger partial charge in [0.05, 0.1) is 19.0 Å². The summed E-state index contributed by atoms with van der Waals surface area (Å²) in [4.78, 5) is 7.58. The van der Waals surface area contributed by atoms with E-state index in [1.807, 2.05) is 37.4 Å². The van der Waals surface area contributed by atoms with E-state index in [1.54, 1.807) is 7.11 Å². The van der Waals surface area contributed by atoms with Crippen LogP contribution in [0.15, 0.2) is 30.5 Å². The lowest BCUT2D eigenvalue weighted by molar-refractivity contribution is 0.415. The first kappa shape index (κ1) is 11.7. The van der Waals surface area contributed by atoms with E-state index >= 15 is 0 Å². The number of imidazole rings is 1. The standard InChI is InChI=1S/C13H17N3O/c1-9(14)6-13-15-8-12(16-13)10-4-3-5-11(7-10)17-2/h3-5,7-9H,6,14H2,1-2H3,(H,15,16). The number of rotatable bonds is 4. The maximum absolute atomic E-state index is 5.74. The number of nitrogens with one attached hydrogen (secondary N) is 1. The van der Waals surface area contributed by atoms with Crippen molar-refractivity contribution in [3.05, 3.63) is 36.3 Å². The molecule has 0 amide bonds. The van der Waals surface area contributed by atoms with Crippen LogP contribution in [0.1, 0.15) is 12.7 Å². The summed E-state index contributed by atoms with van der Waals surface area (Å²) in [7, 11) is 1.66. The second-order valence-electron chi connectivity index (χ2n) is 4.16. The molecule has 0 aliphatic heterocycles. The van der Waals surface area contributed by atoms with Gasteiger partial charge in [-0.15, -0.1) is 0 Å². The topological polar surface area (TPSA) is 63.9 Å². The lowest BCUT2D eigenvalue weighted by Gasteiger charge is -2.03. The summed E-state index contributed by atoms with van der Waals surface area (Å²) in [6.45, 7) is 1.97. The third-order valence-electron chi connectivity index (χ3n) is 2.52. The minimum Gasteiger partial charge on any atom is -0.497 e. The summed E-state index contributed by atoms with van der Waals surface area (Å²) in [5.74, 6) is 1.75. The van der Waals surface area contributed by atoms with E-state index in [0.717, 1.165) is 29.3 Å². The quantitative estimate of drug-likeness (QED) is 0.845. The SMILES string of the molecule is COc1cccc(-c2cnc(CC(C)N)[nH]2)c1. The van der Waals surface area contributed by atoms with Gasteiger partial charge in [-0.05, 0) is 19.1 Å². The van der Waals surface area contributed by atoms with Crippen LogP contribution < -0.4 is 10.5 Å². The molecule has 4 nitrogen and oxygen atoms in total. The van der Waals surface area contributed by atoms with Crippen LogP contribution in [0.25, 0.3) is 11.3 Å². The van der Waals surface area contributed by atoms with Crippen LogP contribution in [0.4, 0.5) is 0 Å². The first-order valence-electron chi connectivity index (χ1n) is 5.63. The Hall–Kier alpha value is -1.81. The van der Waals surface area contributed by atoms with E-state index in [0.29, 0.717) is 0 Å². The maximum atomic E-state index is 5.74. The Kier molecular flexibility index (Phi) is 3.44. The van der Waals surface area contributed by atoms with Gasteiger partial charge in [0.25, 0.3) is 0 Å². The van der Waals surface area contributed by atoms with Crippen LogP contribution in [0.5, 0.6) is 5.75 Å². The normalized spacial score (nSPS) is 12.4. The van der Waals surface area contributed by atoms with Gasteiger partial charge in [-0.3, -0.25) is 0 Å². The fourth-order valence-electron chi connectivity index (χ4n) is 1.71. The minimum absolute atomic E-state index is 0.110. The molecule has 3 N–H and O–H groups in total. The van der Waals surface area contributed by atoms with Gasteiger partial charge in [0, 0.05) is 18.0 Å². The molecular weight excluding hydrogens is 214 g/mol. The van der Waals surface area contributed by atoms with Crippen molar-refractivity contribution in [2.75, 3.05) is 7.11 Å². The molecule has 1 unspecified atom stereocenters. The lowest BCUT2D eigenvalue weighted by atomic mass is 10.1. The summed E-state index contributed by atoms with van der Waals surface area (Å²) in [6, 6.07) is 7.98. The van der Waals surface area contributed by atoms with Gasteiger partial charge in [-0.1, -0.05) is 12.1 Å². The summed E-state index contributed by atoms with van der Waals surface area (Å²) in [6.07, 6.45) is 2.58. The van der Waals surface area contributed by atoms with Gasteiger partial charge in [0.15, 0.2) is 0 Å². The lowest BCUT2D eigenvalue weighted by Crippen LogP contribution is -2.18. The van der Waals surface area contributed by atoms with E-state index in [2.05, 4.69) is 9.97 Å². The van der Waals surface area contributed by atoms with Gasteiger partial charge in [-0.2, -0.15) is 0 Å². The van der Waals surface area contributed by atoms with E-state index in [4.69, 9.17) is 10.5 Å². The fourth-order valence-corrected chi connectivity index (χ4v) is 1.71. The molecule has 0 spiro atoms. The molecule has 1 heterocycles. The van der Waals surface area contributed by atoms with Gasteiger partial charge in [-0.25, -0.2) is 4.98 Å². The highest BCUT2D eigenvalue weighted by atomic mass is 16.5. The molecule has 90 valence electrons. The van der Waals surface area contributed by atoms with Gasteiger partial charge >= 0.3 is 0 Å². The highest BCUT2D eigenvalue weighted by molar-refractivity contribution is 5.60. The largest absolute Gasteiger partial charge is 0.497 e. The number of aromatic amines is 1. The monoisotopic (exact) mass is 231 g/mol. The number of aromatic nitrogens is 2. The number of ether oxygens (including phenoxy) is 1. The van der Waals surface area contributed by atoms with Gasteiger partial charge in [0.1, 0.15) is 11.6 Å². The van der Waals surface area contributed by atoms with Crippen LogP contribution >= 0.6 is 0 Å². The fraction of sp³-hybridized carbons (Fsp3) is 0.308. The molecule has 0 bridgehead atoms. The Morgan fingerprint density at radius 1 is 1.47 bits per heavy atom. The van der Waals surface area contributed by atoms with Crippen LogP contribution in [0.3, 0.4) is 0 Å². The zero-order valence-electron chi connectivity index (χ0n) is 10.1. The second-order valence-corrected chi connectivity index (χ2v) is 4.16. The summed E-state index contributed by atoms with van der Waals surface area (Å²) in [5.41, 5.74) is 7.79. The third kappa shape index (κ3) is 2.85. The molecule has 2 aromatic rings. The Morgan fingerprint density at radius 3 is 3.00 bits per heavy atom. The molecule has 2 rings (SSSR count). The first-order chi connectivity index (χ1) is 8.19. The van der Waals surface area contributed by atoms with E-state index in [1.165, 1.54) is 0 Å². The Morgan fingerprint density at radius 2 is 2.29 bits per heavy atom. The Bertz CT molecular complexity index is 491. The molecule has 4 heteroatoms. The third-order valence-corrected chi connectivity index (χ3v) is 2.52. The van der Waals surface area contributed by atoms with Gasteiger partial charge < -0.3 is 15.5 Å². The van der Waals surface area contributed by atoms with Crippen molar-refractivity contribution < 1.29 is 4.74 Å². The summed E-state index contributed by atoms with van der Waals surface area (Å²) >= 11 is 0. The molecule has 1 aromatic heterocycles. The second kappa shape index (κ2) is 5.01. The van der Waals surface area contributed by atoms with Crippen LogP contribution in [0, 0.1) is 0 Å². The van der Waals surface area contributed by atoms with Crippen molar-refractivity contribution in [2.24, 2.45) is 5.73 Å². The number of H-pyrrole nitrogens is 1. The van der Waals surface area contributed by atoms with Crippen LogP contribution in [-0.4, -0.2) is 23.1 Å². The van der Waals surface area contributed by atoms with E-state index in [-0.39, 0.29) is 6.04 Å². The Labute approximate surface area is 101 Å². The summed E-state index contributed by atoms with van der Waals surface area (Å²) in [5, 5.41) is 0. The smallest absolute Gasteiger partial charge is 0.119 e. The average molecular weight is 231 g/mol. The number of benzene rings is 1. The number of nitrogens with zero attached hydrogens (tertiary/aromatic N) is 1. The molecule has 0 aliphatic rings. The van der Waals surface area contributed by atoms with Gasteiger partial charge in [0.2, 0.25) is 0 Å². The minimum atomic E-state index is 0.110. The number of nitrogens with two attached hydrogens (primary N) is 1. The molecule has 0 aliphatic carbocycles. The number of hydrogen-bond donors (Lipinski definition) is 2. The van der Waals surface area contributed by atoms with E-state index in [9.17, 15) is 0 Å². The van der Waals surface area contributed by atoms with Crippen molar-refractivity contribution in [1.29, 1.82) is 0 Å². The van der Waals surface area contributed by atoms with Crippen molar-refractivity contribution in [1.82, 2.24) is 9.97 Å². The predicted molar refractivity (Wildman–Crippen MR) is 67.9 cm³/mol. The molecule has 0 saturated heterocycles. The molecule has 0 fully saturated rings. The van der Waals surface area contributed by atoms with Crippen molar-refractivity contribution in [3.8, 4) is 17.0 Å². The average Bonchev–Trinajstić information content (AvgIpc) is 2.77. The van der Waals surface area contributed by atoms with Crippen LogP contribution in [-0.2, 0) is 6.42 Å². The van der Waals surface area contributed by atoms with Crippen molar-refractivity contribution >= 4 is 0 Å². The van der Waals surface area contributed by atoms with Crippen molar-refractivity contribution in [3.63, 3.8) is 0 Å². The van der Waals surface area contributed by atoms with Crippen molar-refractivity contribution in [2.45, 2.75) is 19.4 Å². The first-order valence-corrected chi connectivity index (χ1v) is 5.63. The number of methoxy groups -OCH3 is 1. The Balaban J connectivity index is 2.24. The highest BCUT2D eigenvalue weighted by Gasteiger charge is 2.05. The highest BCUT2D eigenvalue weighted by Crippen LogP contribution is 2.22. The molecule has 0 saturated carbocycles. The predicted octanol–water partition coefficient (Wildman–Crippen LogP) is 1.97.